The van der Waals surface area contributed by atoms with Gasteiger partial charge in [0.15, 0.2) is 9.84 Å². The smallest absolute Gasteiger partial charge is 0.228 e. The minimum atomic E-state index is -3.44. The van der Waals surface area contributed by atoms with Crippen molar-refractivity contribution in [3.05, 3.63) is 24.0 Å². The van der Waals surface area contributed by atoms with Gasteiger partial charge >= 0.3 is 0 Å². The number of amides is 1. The second-order valence-corrected chi connectivity index (χ2v) is 6.63. The van der Waals surface area contributed by atoms with Gasteiger partial charge in [0.2, 0.25) is 5.91 Å². The Kier molecular flexibility index (Phi) is 5.64. The lowest BCUT2D eigenvalue weighted by Gasteiger charge is -2.13. The molecule has 2 N–H and O–H groups in total. The van der Waals surface area contributed by atoms with Gasteiger partial charge in [-0.05, 0) is 24.7 Å². The van der Waals surface area contributed by atoms with Crippen LogP contribution in [-0.4, -0.2) is 33.7 Å². The van der Waals surface area contributed by atoms with Gasteiger partial charge in [0.25, 0.3) is 0 Å². The van der Waals surface area contributed by atoms with E-state index in [1.165, 1.54) is 6.07 Å². The Morgan fingerprint density at radius 2 is 2.05 bits per heavy atom. The highest BCUT2D eigenvalue weighted by molar-refractivity contribution is 7.90. The van der Waals surface area contributed by atoms with Crippen LogP contribution in [0.3, 0.4) is 0 Å². The van der Waals surface area contributed by atoms with Crippen LogP contribution in [0.1, 0.15) is 13.8 Å². The van der Waals surface area contributed by atoms with Crippen LogP contribution in [0.15, 0.2) is 23.1 Å². The third-order valence-electron chi connectivity index (χ3n) is 2.77. The standard InChI is InChI=1S/C13H19FN2O3S/c1-4-15-8-9(2)13(17)16-12-7-10(20(3,18)19)5-6-11(12)14/h5-7,9,15H,4,8H2,1-3H3,(H,16,17). The zero-order chi connectivity index (χ0) is 15.3. The van der Waals surface area contributed by atoms with Crippen LogP contribution < -0.4 is 10.6 Å². The molecule has 112 valence electrons. The Labute approximate surface area is 118 Å². The van der Waals surface area contributed by atoms with Gasteiger partial charge in [-0.25, -0.2) is 12.8 Å². The normalized spacial score (nSPS) is 13.0. The Bertz CT molecular complexity index is 587. The largest absolute Gasteiger partial charge is 0.323 e. The molecule has 5 nitrogen and oxygen atoms in total. The third-order valence-corrected chi connectivity index (χ3v) is 3.88. The van der Waals surface area contributed by atoms with Gasteiger partial charge in [-0.15, -0.1) is 0 Å². The van der Waals surface area contributed by atoms with Crippen molar-refractivity contribution in [3.63, 3.8) is 0 Å². The maximum Gasteiger partial charge on any atom is 0.228 e. The van der Waals surface area contributed by atoms with E-state index in [2.05, 4.69) is 10.6 Å². The lowest BCUT2D eigenvalue weighted by Crippen LogP contribution is -2.30. The van der Waals surface area contributed by atoms with E-state index < -0.39 is 15.7 Å². The van der Waals surface area contributed by atoms with Crippen LogP contribution >= 0.6 is 0 Å². The number of hydrogen-bond donors (Lipinski definition) is 2. The molecule has 0 heterocycles. The van der Waals surface area contributed by atoms with Gasteiger partial charge in [-0.2, -0.15) is 0 Å². The molecular formula is C13H19FN2O3S. The average molecular weight is 302 g/mol. The minimum absolute atomic E-state index is 0.0338. The van der Waals surface area contributed by atoms with Crippen LogP contribution in [0.5, 0.6) is 0 Å². The van der Waals surface area contributed by atoms with Crippen molar-refractivity contribution < 1.29 is 17.6 Å². The molecule has 20 heavy (non-hydrogen) atoms. The summed E-state index contributed by atoms with van der Waals surface area (Å²) in [5.74, 6) is -1.38. The van der Waals surface area contributed by atoms with Gasteiger partial charge in [-0.3, -0.25) is 4.79 Å². The lowest BCUT2D eigenvalue weighted by atomic mass is 10.1. The molecule has 7 heteroatoms. The first-order valence-electron chi connectivity index (χ1n) is 6.27. The number of nitrogens with one attached hydrogen (secondary N) is 2. The van der Waals surface area contributed by atoms with E-state index in [1.54, 1.807) is 6.92 Å². The molecule has 1 atom stereocenters. The molecule has 1 rings (SSSR count). The van der Waals surface area contributed by atoms with Crippen LogP contribution in [0, 0.1) is 11.7 Å². The molecule has 1 amide bonds. The van der Waals surface area contributed by atoms with Gasteiger partial charge in [-0.1, -0.05) is 13.8 Å². The zero-order valence-corrected chi connectivity index (χ0v) is 12.6. The van der Waals surface area contributed by atoms with E-state index in [0.29, 0.717) is 6.54 Å². The van der Waals surface area contributed by atoms with E-state index >= 15 is 0 Å². The highest BCUT2D eigenvalue weighted by atomic mass is 32.2. The molecule has 0 bridgehead atoms. The summed E-state index contributed by atoms with van der Waals surface area (Å²) in [6.07, 6.45) is 1.03. The number of benzene rings is 1. The van der Waals surface area contributed by atoms with E-state index in [0.717, 1.165) is 24.9 Å². The number of hydrogen-bond acceptors (Lipinski definition) is 4. The van der Waals surface area contributed by atoms with Crippen molar-refractivity contribution >= 4 is 21.4 Å². The summed E-state index contributed by atoms with van der Waals surface area (Å²) in [5, 5.41) is 5.43. The molecule has 0 aromatic heterocycles. The summed E-state index contributed by atoms with van der Waals surface area (Å²) in [5.41, 5.74) is -0.124. The molecule has 0 saturated carbocycles. The minimum Gasteiger partial charge on any atom is -0.323 e. The summed E-state index contributed by atoms with van der Waals surface area (Å²) >= 11 is 0. The molecular weight excluding hydrogens is 283 g/mol. The summed E-state index contributed by atoms with van der Waals surface area (Å²) < 4.78 is 36.4. The number of sulfone groups is 1. The first-order chi connectivity index (χ1) is 9.25. The van der Waals surface area contributed by atoms with Crippen LogP contribution in [0.2, 0.25) is 0 Å². The molecule has 1 unspecified atom stereocenters. The number of carbonyl (C=O) groups is 1. The predicted octanol–water partition coefficient (Wildman–Crippen LogP) is 1.41. The average Bonchev–Trinajstić information content (AvgIpc) is 2.37. The van der Waals surface area contributed by atoms with Crippen molar-refractivity contribution in [3.8, 4) is 0 Å². The maximum atomic E-state index is 13.6. The molecule has 0 spiro atoms. The topological polar surface area (TPSA) is 75.3 Å². The van der Waals surface area contributed by atoms with Crippen LogP contribution in [0.25, 0.3) is 0 Å². The van der Waals surface area contributed by atoms with E-state index in [4.69, 9.17) is 0 Å². The fourth-order valence-corrected chi connectivity index (χ4v) is 2.19. The van der Waals surface area contributed by atoms with Gasteiger partial charge < -0.3 is 10.6 Å². The Hall–Kier alpha value is -1.47. The molecule has 0 saturated heterocycles. The number of rotatable bonds is 6. The molecule has 1 aromatic rings. The van der Waals surface area contributed by atoms with Crippen LogP contribution in [0.4, 0.5) is 10.1 Å². The predicted molar refractivity (Wildman–Crippen MR) is 75.8 cm³/mol. The molecule has 0 aliphatic rings. The first-order valence-corrected chi connectivity index (χ1v) is 8.16. The van der Waals surface area contributed by atoms with Gasteiger partial charge in [0.05, 0.1) is 10.6 Å². The SMILES string of the molecule is CCNCC(C)C(=O)Nc1cc(S(C)(=O)=O)ccc1F. The molecule has 0 aliphatic carbocycles. The summed E-state index contributed by atoms with van der Waals surface area (Å²) in [6, 6.07) is 3.33. The fourth-order valence-electron chi connectivity index (χ4n) is 1.54. The van der Waals surface area contributed by atoms with Crippen LogP contribution in [-0.2, 0) is 14.6 Å². The second-order valence-electron chi connectivity index (χ2n) is 4.61. The first kappa shape index (κ1) is 16.6. The second kappa shape index (κ2) is 6.81. The molecule has 1 aromatic carbocycles. The van der Waals surface area contributed by atoms with Gasteiger partial charge in [0, 0.05) is 18.7 Å². The number of halogens is 1. The molecule has 0 aliphatic heterocycles. The van der Waals surface area contributed by atoms with E-state index in [-0.39, 0.29) is 22.4 Å². The zero-order valence-electron chi connectivity index (χ0n) is 11.7. The third kappa shape index (κ3) is 4.57. The lowest BCUT2D eigenvalue weighted by molar-refractivity contribution is -0.119. The van der Waals surface area contributed by atoms with Crippen molar-refractivity contribution in [2.24, 2.45) is 5.92 Å². The molecule has 0 fully saturated rings. The van der Waals surface area contributed by atoms with Crippen molar-refractivity contribution in [2.45, 2.75) is 18.7 Å². The molecule has 0 radical (unpaired) electrons. The number of carbonyl (C=O) groups excluding carboxylic acids is 1. The monoisotopic (exact) mass is 302 g/mol. The highest BCUT2D eigenvalue weighted by Gasteiger charge is 2.16. The highest BCUT2D eigenvalue weighted by Crippen LogP contribution is 2.20. The van der Waals surface area contributed by atoms with Crippen molar-refractivity contribution in [1.29, 1.82) is 0 Å². The number of anilines is 1. The maximum absolute atomic E-state index is 13.6. The Balaban J connectivity index is 2.89. The van der Waals surface area contributed by atoms with Crippen molar-refractivity contribution in [2.75, 3.05) is 24.7 Å². The van der Waals surface area contributed by atoms with Crippen molar-refractivity contribution in [1.82, 2.24) is 5.32 Å². The summed E-state index contributed by atoms with van der Waals surface area (Å²) in [4.78, 5) is 11.8. The van der Waals surface area contributed by atoms with E-state index in [9.17, 15) is 17.6 Å². The summed E-state index contributed by atoms with van der Waals surface area (Å²) in [7, 11) is -3.44. The van der Waals surface area contributed by atoms with Gasteiger partial charge in [0.1, 0.15) is 5.82 Å². The Morgan fingerprint density at radius 1 is 1.40 bits per heavy atom. The quantitative estimate of drug-likeness (QED) is 0.779. The Morgan fingerprint density at radius 3 is 2.60 bits per heavy atom. The summed E-state index contributed by atoms with van der Waals surface area (Å²) in [6.45, 7) is 4.82. The van der Waals surface area contributed by atoms with E-state index in [1.807, 2.05) is 6.92 Å². The fraction of sp³-hybridized carbons (Fsp3) is 0.462.